The summed E-state index contributed by atoms with van der Waals surface area (Å²) in [5, 5.41) is 0. The van der Waals surface area contributed by atoms with Crippen LogP contribution in [0.25, 0.3) is 0 Å². The molecule has 0 aromatic heterocycles. The fourth-order valence-corrected chi connectivity index (χ4v) is 6.05. The predicted molar refractivity (Wildman–Crippen MR) is 120 cm³/mol. The van der Waals surface area contributed by atoms with Crippen molar-refractivity contribution in [3.05, 3.63) is 35.4 Å². The Morgan fingerprint density at radius 3 is 1.87 bits per heavy atom. The second-order valence-corrected chi connectivity index (χ2v) is 10.1. The van der Waals surface area contributed by atoms with Gasteiger partial charge in [-0.3, -0.25) is 0 Å². The monoisotopic (exact) mass is 422 g/mol. The van der Waals surface area contributed by atoms with Gasteiger partial charge in [-0.05, 0) is 73.3 Å². The van der Waals surface area contributed by atoms with Crippen molar-refractivity contribution in [2.75, 3.05) is 0 Å². The van der Waals surface area contributed by atoms with E-state index in [2.05, 4.69) is 6.92 Å². The smallest absolute Gasteiger partial charge is 0.171 e. The molecule has 0 radical (unpaired) electrons. The van der Waals surface area contributed by atoms with Crippen molar-refractivity contribution in [3.8, 4) is 0 Å². The van der Waals surface area contributed by atoms with Crippen LogP contribution in [0.3, 0.4) is 0 Å². The molecule has 0 unspecified atom stereocenters. The lowest BCUT2D eigenvalue weighted by Gasteiger charge is -2.38. The van der Waals surface area contributed by atoms with Gasteiger partial charge in [-0.1, -0.05) is 82.6 Å². The second-order valence-electron chi connectivity index (χ2n) is 10.1. The summed E-state index contributed by atoms with van der Waals surface area (Å²) in [6.07, 6.45) is 14.3. The number of hydrogen-bond donors (Lipinski definition) is 0. The highest BCUT2D eigenvalue weighted by Crippen LogP contribution is 2.44. The van der Waals surface area contributed by atoms with Crippen LogP contribution in [-0.4, -0.2) is 6.18 Å². The summed E-state index contributed by atoms with van der Waals surface area (Å²) in [5.41, 5.74) is 1.62. The number of unbranched alkanes of at least 4 members (excludes halogenated alkanes) is 4. The Balaban J connectivity index is 1.36. The summed E-state index contributed by atoms with van der Waals surface area (Å²) in [6.45, 7) is 2.28. The van der Waals surface area contributed by atoms with E-state index in [0.717, 1.165) is 17.8 Å². The van der Waals surface area contributed by atoms with Crippen LogP contribution >= 0.6 is 0 Å². The molecule has 2 aliphatic carbocycles. The van der Waals surface area contributed by atoms with Crippen LogP contribution in [0.2, 0.25) is 0 Å². The third kappa shape index (κ3) is 7.61. The van der Waals surface area contributed by atoms with Crippen LogP contribution in [0, 0.1) is 17.8 Å². The van der Waals surface area contributed by atoms with Gasteiger partial charge in [0.1, 0.15) is 0 Å². The average molecular weight is 423 g/mol. The number of alkyl halides is 3. The molecule has 3 rings (SSSR count). The standard InChI is InChI=1S/C27H41F3/c1-2-3-4-5-6-7-21-8-12-23(13-9-21)25-16-18-26(19-17-25)24-14-10-22(11-15-24)20-27(28,29)30/h10-11,14-15,21,23,25-26H,2-9,12-13,16-20H2,1H3/t21-,23-,25-,26-. The summed E-state index contributed by atoms with van der Waals surface area (Å²) in [6, 6.07) is 7.24. The fraction of sp³-hybridized carbons (Fsp3) is 0.778. The lowest BCUT2D eigenvalue weighted by Crippen LogP contribution is -2.25. The first-order valence-electron chi connectivity index (χ1n) is 12.6. The zero-order valence-corrected chi connectivity index (χ0v) is 18.9. The zero-order chi connectivity index (χ0) is 21.4. The molecule has 2 saturated carbocycles. The van der Waals surface area contributed by atoms with Gasteiger partial charge < -0.3 is 0 Å². The number of hydrogen-bond acceptors (Lipinski definition) is 0. The van der Waals surface area contributed by atoms with Gasteiger partial charge in [-0.15, -0.1) is 0 Å². The van der Waals surface area contributed by atoms with Crippen LogP contribution in [0.5, 0.6) is 0 Å². The van der Waals surface area contributed by atoms with Crippen molar-refractivity contribution in [1.82, 2.24) is 0 Å². The van der Waals surface area contributed by atoms with Crippen LogP contribution in [0.1, 0.15) is 114 Å². The third-order valence-electron chi connectivity index (χ3n) is 7.90. The van der Waals surface area contributed by atoms with Crippen LogP contribution in [0.4, 0.5) is 13.2 Å². The Bertz CT molecular complexity index is 588. The minimum atomic E-state index is -4.12. The Hall–Kier alpha value is -0.990. The number of halogens is 3. The van der Waals surface area contributed by atoms with E-state index in [1.165, 1.54) is 95.5 Å². The van der Waals surface area contributed by atoms with Crippen molar-refractivity contribution in [3.63, 3.8) is 0 Å². The molecule has 2 aliphatic rings. The largest absolute Gasteiger partial charge is 0.393 e. The molecule has 0 amide bonds. The van der Waals surface area contributed by atoms with Crippen LogP contribution < -0.4 is 0 Å². The van der Waals surface area contributed by atoms with E-state index >= 15 is 0 Å². The normalized spacial score (nSPS) is 27.9. The maximum atomic E-state index is 12.5. The topological polar surface area (TPSA) is 0 Å². The van der Waals surface area contributed by atoms with E-state index < -0.39 is 12.6 Å². The van der Waals surface area contributed by atoms with Gasteiger partial charge in [-0.25, -0.2) is 0 Å². The quantitative estimate of drug-likeness (QED) is 0.348. The minimum absolute atomic E-state index is 0.377. The van der Waals surface area contributed by atoms with Crippen molar-refractivity contribution >= 4 is 0 Å². The van der Waals surface area contributed by atoms with Crippen molar-refractivity contribution in [2.45, 2.75) is 115 Å². The Labute approximate surface area is 182 Å². The summed E-state index contributed by atoms with van der Waals surface area (Å²) < 4.78 is 37.6. The lowest BCUT2D eigenvalue weighted by atomic mass is 9.68. The Kier molecular flexibility index (Phi) is 9.13. The molecule has 0 bridgehead atoms. The highest BCUT2D eigenvalue weighted by Gasteiger charge is 2.31. The molecule has 0 saturated heterocycles. The van der Waals surface area contributed by atoms with Gasteiger partial charge in [-0.2, -0.15) is 13.2 Å². The summed E-state index contributed by atoms with van der Waals surface area (Å²) in [5.74, 6) is 3.34. The summed E-state index contributed by atoms with van der Waals surface area (Å²) in [7, 11) is 0. The van der Waals surface area contributed by atoms with Crippen molar-refractivity contribution < 1.29 is 13.2 Å². The lowest BCUT2D eigenvalue weighted by molar-refractivity contribution is -0.127. The summed E-state index contributed by atoms with van der Waals surface area (Å²) in [4.78, 5) is 0. The molecule has 0 heterocycles. The predicted octanol–water partition coefficient (Wildman–Crippen LogP) is 9.23. The van der Waals surface area contributed by atoms with E-state index in [0.29, 0.717) is 11.5 Å². The van der Waals surface area contributed by atoms with E-state index in [-0.39, 0.29) is 0 Å². The first kappa shape index (κ1) is 23.7. The van der Waals surface area contributed by atoms with E-state index in [1.807, 2.05) is 12.1 Å². The number of rotatable bonds is 9. The Morgan fingerprint density at radius 2 is 1.30 bits per heavy atom. The van der Waals surface area contributed by atoms with Crippen LogP contribution in [-0.2, 0) is 6.42 Å². The SMILES string of the molecule is CCCCCCC[C@H]1CC[C@H]([C@H]2CC[C@H](c3ccc(CC(F)(F)F)cc3)CC2)CC1. The maximum absolute atomic E-state index is 12.5. The molecular formula is C27H41F3. The molecule has 0 aliphatic heterocycles. The van der Waals surface area contributed by atoms with Gasteiger partial charge in [0.05, 0.1) is 6.42 Å². The molecule has 2 fully saturated rings. The molecule has 3 heteroatoms. The maximum Gasteiger partial charge on any atom is 0.393 e. The highest BCUT2D eigenvalue weighted by molar-refractivity contribution is 5.26. The number of benzene rings is 1. The molecule has 1 aromatic carbocycles. The summed E-state index contributed by atoms with van der Waals surface area (Å²) >= 11 is 0. The molecule has 0 N–H and O–H groups in total. The van der Waals surface area contributed by atoms with Gasteiger partial charge >= 0.3 is 6.18 Å². The molecule has 170 valence electrons. The van der Waals surface area contributed by atoms with E-state index in [9.17, 15) is 13.2 Å². The highest BCUT2D eigenvalue weighted by atomic mass is 19.4. The van der Waals surface area contributed by atoms with Gasteiger partial charge in [0.2, 0.25) is 0 Å². The molecule has 0 spiro atoms. The first-order chi connectivity index (χ1) is 14.4. The van der Waals surface area contributed by atoms with Gasteiger partial charge in [0.25, 0.3) is 0 Å². The van der Waals surface area contributed by atoms with Crippen LogP contribution in [0.15, 0.2) is 24.3 Å². The van der Waals surface area contributed by atoms with Gasteiger partial charge in [0.15, 0.2) is 0 Å². The Morgan fingerprint density at radius 1 is 0.733 bits per heavy atom. The van der Waals surface area contributed by atoms with Gasteiger partial charge in [0, 0.05) is 0 Å². The van der Waals surface area contributed by atoms with E-state index in [1.54, 1.807) is 12.1 Å². The average Bonchev–Trinajstić information content (AvgIpc) is 2.74. The second kappa shape index (κ2) is 11.6. The first-order valence-corrected chi connectivity index (χ1v) is 12.6. The molecule has 0 nitrogen and oxygen atoms in total. The minimum Gasteiger partial charge on any atom is -0.171 e. The molecule has 1 aromatic rings. The zero-order valence-electron chi connectivity index (χ0n) is 18.9. The van der Waals surface area contributed by atoms with Crippen molar-refractivity contribution in [1.29, 1.82) is 0 Å². The third-order valence-corrected chi connectivity index (χ3v) is 7.90. The molecule has 0 atom stereocenters. The van der Waals surface area contributed by atoms with Crippen molar-refractivity contribution in [2.24, 2.45) is 17.8 Å². The fourth-order valence-electron chi connectivity index (χ4n) is 6.05. The molecular weight excluding hydrogens is 381 g/mol. The molecule has 30 heavy (non-hydrogen) atoms. The van der Waals surface area contributed by atoms with E-state index in [4.69, 9.17) is 0 Å².